The molecule has 0 aromatic heterocycles. The quantitative estimate of drug-likeness (QED) is 0.796. The Hall–Kier alpha value is -1.51. The molecule has 3 nitrogen and oxygen atoms in total. The maximum absolute atomic E-state index is 12.3. The Morgan fingerprint density at radius 2 is 2.35 bits per heavy atom. The van der Waals surface area contributed by atoms with Crippen LogP contribution in [0.15, 0.2) is 24.3 Å². The minimum Gasteiger partial charge on any atom is -0.399 e. The van der Waals surface area contributed by atoms with Crippen molar-refractivity contribution in [2.75, 3.05) is 18.8 Å². The first kappa shape index (κ1) is 12.0. The van der Waals surface area contributed by atoms with Crippen molar-refractivity contribution in [1.29, 1.82) is 0 Å². The van der Waals surface area contributed by atoms with E-state index < -0.39 is 0 Å². The van der Waals surface area contributed by atoms with Gasteiger partial charge in [0, 0.05) is 24.3 Å². The predicted molar refractivity (Wildman–Crippen MR) is 69.8 cm³/mol. The first-order valence-corrected chi connectivity index (χ1v) is 6.35. The summed E-state index contributed by atoms with van der Waals surface area (Å²) in [4.78, 5) is 14.2. The maximum atomic E-state index is 12.3. The number of nitrogens with zero attached hydrogens (tertiary/aromatic N) is 1. The van der Waals surface area contributed by atoms with E-state index in [-0.39, 0.29) is 5.91 Å². The first-order chi connectivity index (χ1) is 8.20. The van der Waals surface area contributed by atoms with E-state index in [4.69, 9.17) is 5.73 Å². The molecule has 1 amide bonds. The summed E-state index contributed by atoms with van der Waals surface area (Å²) in [5.41, 5.74) is 7.07. The van der Waals surface area contributed by atoms with E-state index in [1.54, 1.807) is 6.07 Å². The maximum Gasteiger partial charge on any atom is 0.253 e. The molecule has 1 aliphatic heterocycles. The van der Waals surface area contributed by atoms with E-state index in [0.717, 1.165) is 25.9 Å². The van der Waals surface area contributed by atoms with Gasteiger partial charge >= 0.3 is 0 Å². The van der Waals surface area contributed by atoms with Crippen LogP contribution in [0.1, 0.15) is 36.5 Å². The summed E-state index contributed by atoms with van der Waals surface area (Å²) >= 11 is 0. The number of likely N-dealkylation sites (tertiary alicyclic amines) is 1. The summed E-state index contributed by atoms with van der Waals surface area (Å²) in [5.74, 6) is 0.782. The number of hydrogen-bond acceptors (Lipinski definition) is 2. The zero-order chi connectivity index (χ0) is 12.3. The van der Waals surface area contributed by atoms with Gasteiger partial charge in [-0.2, -0.15) is 0 Å². The number of nitrogens with two attached hydrogens (primary N) is 1. The SMILES string of the molecule is CCC1CCCN(C(=O)c2cccc(N)c2)C1. The third-order valence-electron chi connectivity index (χ3n) is 3.52. The first-order valence-electron chi connectivity index (χ1n) is 6.35. The van der Waals surface area contributed by atoms with Crippen LogP contribution < -0.4 is 5.73 Å². The molecule has 2 N–H and O–H groups in total. The van der Waals surface area contributed by atoms with Crippen LogP contribution in [0, 0.1) is 5.92 Å². The molecule has 0 spiro atoms. The second kappa shape index (κ2) is 5.21. The number of nitrogen functional groups attached to an aromatic ring is 1. The predicted octanol–water partition coefficient (Wildman–Crippen LogP) is 2.53. The largest absolute Gasteiger partial charge is 0.399 e. The number of hydrogen-bond donors (Lipinski definition) is 1. The minimum absolute atomic E-state index is 0.121. The van der Waals surface area contributed by atoms with Gasteiger partial charge in [0.1, 0.15) is 0 Å². The Morgan fingerprint density at radius 1 is 1.53 bits per heavy atom. The van der Waals surface area contributed by atoms with Gasteiger partial charge in [-0.3, -0.25) is 4.79 Å². The third kappa shape index (κ3) is 2.78. The topological polar surface area (TPSA) is 46.3 Å². The van der Waals surface area contributed by atoms with Crippen molar-refractivity contribution in [2.45, 2.75) is 26.2 Å². The van der Waals surface area contributed by atoms with Gasteiger partial charge in [-0.15, -0.1) is 0 Å². The zero-order valence-corrected chi connectivity index (χ0v) is 10.4. The fourth-order valence-corrected chi connectivity index (χ4v) is 2.44. The number of benzene rings is 1. The lowest BCUT2D eigenvalue weighted by atomic mass is 9.95. The summed E-state index contributed by atoms with van der Waals surface area (Å²) in [5, 5.41) is 0. The van der Waals surface area contributed by atoms with Crippen LogP contribution >= 0.6 is 0 Å². The van der Waals surface area contributed by atoms with E-state index in [0.29, 0.717) is 17.2 Å². The van der Waals surface area contributed by atoms with Gasteiger partial charge in [0.05, 0.1) is 0 Å². The van der Waals surface area contributed by atoms with Gasteiger partial charge in [-0.25, -0.2) is 0 Å². The van der Waals surface area contributed by atoms with Crippen molar-refractivity contribution >= 4 is 11.6 Å². The Balaban J connectivity index is 2.09. The van der Waals surface area contributed by atoms with E-state index in [1.807, 2.05) is 23.1 Å². The van der Waals surface area contributed by atoms with Crippen LogP contribution in [-0.4, -0.2) is 23.9 Å². The number of piperidine rings is 1. The van der Waals surface area contributed by atoms with Crippen LogP contribution in [0.4, 0.5) is 5.69 Å². The molecule has 92 valence electrons. The molecule has 0 bridgehead atoms. The summed E-state index contributed by atoms with van der Waals surface area (Å²) in [6, 6.07) is 7.25. The Bertz CT molecular complexity index is 403. The van der Waals surface area contributed by atoms with Gasteiger partial charge in [0.25, 0.3) is 5.91 Å². The van der Waals surface area contributed by atoms with Gasteiger partial charge < -0.3 is 10.6 Å². The molecule has 1 heterocycles. The molecule has 2 rings (SSSR count). The highest BCUT2D eigenvalue weighted by Crippen LogP contribution is 2.21. The number of amides is 1. The average Bonchev–Trinajstić information content (AvgIpc) is 2.38. The van der Waals surface area contributed by atoms with Crippen LogP contribution in [-0.2, 0) is 0 Å². The van der Waals surface area contributed by atoms with E-state index >= 15 is 0 Å². The molecule has 0 radical (unpaired) electrons. The van der Waals surface area contributed by atoms with Crippen molar-refractivity contribution in [3.63, 3.8) is 0 Å². The summed E-state index contributed by atoms with van der Waals surface area (Å²) in [6.45, 7) is 3.97. The summed E-state index contributed by atoms with van der Waals surface area (Å²) < 4.78 is 0. The van der Waals surface area contributed by atoms with Gasteiger partial charge in [0.15, 0.2) is 0 Å². The Morgan fingerprint density at radius 3 is 3.06 bits per heavy atom. The van der Waals surface area contributed by atoms with Crippen LogP contribution in [0.5, 0.6) is 0 Å². The Labute approximate surface area is 103 Å². The standard InChI is InChI=1S/C14H20N2O/c1-2-11-5-4-8-16(10-11)14(17)12-6-3-7-13(15)9-12/h3,6-7,9,11H,2,4-5,8,10,15H2,1H3. The second-order valence-corrected chi connectivity index (χ2v) is 4.79. The molecule has 17 heavy (non-hydrogen) atoms. The van der Waals surface area contributed by atoms with E-state index in [2.05, 4.69) is 6.92 Å². The monoisotopic (exact) mass is 232 g/mol. The number of rotatable bonds is 2. The summed E-state index contributed by atoms with van der Waals surface area (Å²) in [6.07, 6.45) is 3.52. The van der Waals surface area contributed by atoms with Crippen molar-refractivity contribution in [2.24, 2.45) is 5.92 Å². The molecule has 1 fully saturated rings. The molecule has 1 saturated heterocycles. The normalized spacial score (nSPS) is 20.3. The zero-order valence-electron chi connectivity index (χ0n) is 10.4. The van der Waals surface area contributed by atoms with E-state index in [1.165, 1.54) is 6.42 Å². The molecular formula is C14H20N2O. The summed E-state index contributed by atoms with van der Waals surface area (Å²) in [7, 11) is 0. The second-order valence-electron chi connectivity index (χ2n) is 4.79. The lowest BCUT2D eigenvalue weighted by Crippen LogP contribution is -2.39. The molecule has 1 aromatic rings. The molecule has 0 aliphatic carbocycles. The Kier molecular flexibility index (Phi) is 3.67. The highest BCUT2D eigenvalue weighted by molar-refractivity contribution is 5.95. The molecule has 1 aromatic carbocycles. The number of anilines is 1. The van der Waals surface area contributed by atoms with Gasteiger partial charge in [-0.05, 0) is 37.0 Å². The fourth-order valence-electron chi connectivity index (χ4n) is 2.44. The van der Waals surface area contributed by atoms with Crippen molar-refractivity contribution < 1.29 is 4.79 Å². The average molecular weight is 232 g/mol. The smallest absolute Gasteiger partial charge is 0.253 e. The molecule has 1 unspecified atom stereocenters. The van der Waals surface area contributed by atoms with Gasteiger partial charge in [0.2, 0.25) is 0 Å². The minimum atomic E-state index is 0.121. The molecule has 0 saturated carbocycles. The highest BCUT2D eigenvalue weighted by atomic mass is 16.2. The van der Waals surface area contributed by atoms with Crippen LogP contribution in [0.3, 0.4) is 0 Å². The van der Waals surface area contributed by atoms with Gasteiger partial charge in [-0.1, -0.05) is 19.4 Å². The van der Waals surface area contributed by atoms with Crippen molar-refractivity contribution in [1.82, 2.24) is 4.90 Å². The molecule has 1 aliphatic rings. The number of carbonyl (C=O) groups is 1. The van der Waals surface area contributed by atoms with Crippen molar-refractivity contribution in [3.8, 4) is 0 Å². The highest BCUT2D eigenvalue weighted by Gasteiger charge is 2.23. The van der Waals surface area contributed by atoms with E-state index in [9.17, 15) is 4.79 Å². The van der Waals surface area contributed by atoms with Crippen LogP contribution in [0.2, 0.25) is 0 Å². The third-order valence-corrected chi connectivity index (χ3v) is 3.52. The fraction of sp³-hybridized carbons (Fsp3) is 0.500. The lowest BCUT2D eigenvalue weighted by molar-refractivity contribution is 0.0671. The molecule has 1 atom stereocenters. The lowest BCUT2D eigenvalue weighted by Gasteiger charge is -2.32. The molecular weight excluding hydrogens is 212 g/mol. The molecule has 3 heteroatoms. The number of carbonyl (C=O) groups excluding carboxylic acids is 1. The van der Waals surface area contributed by atoms with Crippen molar-refractivity contribution in [3.05, 3.63) is 29.8 Å². The van der Waals surface area contributed by atoms with Crippen LogP contribution in [0.25, 0.3) is 0 Å².